The van der Waals surface area contributed by atoms with Crippen LogP contribution in [0.5, 0.6) is 11.6 Å². The van der Waals surface area contributed by atoms with Crippen molar-refractivity contribution in [2.24, 2.45) is 0 Å². The van der Waals surface area contributed by atoms with Crippen LogP contribution in [-0.4, -0.2) is 23.7 Å². The van der Waals surface area contributed by atoms with Crippen molar-refractivity contribution in [1.82, 2.24) is 9.97 Å². The van der Waals surface area contributed by atoms with E-state index in [1.54, 1.807) is 13.3 Å². The highest BCUT2D eigenvalue weighted by Crippen LogP contribution is 2.33. The van der Waals surface area contributed by atoms with Gasteiger partial charge in [-0.15, -0.1) is 0 Å². The van der Waals surface area contributed by atoms with Gasteiger partial charge in [-0.2, -0.15) is 4.98 Å². The van der Waals surface area contributed by atoms with Crippen LogP contribution in [0.15, 0.2) is 34.9 Å². The summed E-state index contributed by atoms with van der Waals surface area (Å²) in [7, 11) is 1.57. The molecule has 0 saturated carbocycles. The summed E-state index contributed by atoms with van der Waals surface area (Å²) >= 11 is 3.33. The third kappa shape index (κ3) is 2.35. The molecule has 5 nitrogen and oxygen atoms in total. The fourth-order valence-corrected chi connectivity index (χ4v) is 2.36. The molecule has 0 bridgehead atoms. The number of methoxy groups -OCH3 is 1. The van der Waals surface area contributed by atoms with E-state index in [0.29, 0.717) is 18.4 Å². The Hall–Kier alpha value is -1.82. The molecule has 1 unspecified atom stereocenters. The standard InChI is InChI=1S/C13H12BrN3O2/c1-18-12-9(14)6-15-13(17-12)16-10-7-19-11-5-3-2-4-8(10)11/h2-6,10H,7H2,1H3,(H,15,16,17). The third-order valence-electron chi connectivity index (χ3n) is 2.91. The Morgan fingerprint density at radius 3 is 3.11 bits per heavy atom. The Bertz CT molecular complexity index is 606. The second kappa shape index (κ2) is 5.05. The Labute approximate surface area is 119 Å². The lowest BCUT2D eigenvalue weighted by Crippen LogP contribution is -2.14. The van der Waals surface area contributed by atoms with Crippen LogP contribution in [0.2, 0.25) is 0 Å². The molecule has 3 rings (SSSR count). The zero-order chi connectivity index (χ0) is 13.2. The Morgan fingerprint density at radius 1 is 1.42 bits per heavy atom. The summed E-state index contributed by atoms with van der Waals surface area (Å²) in [6.07, 6.45) is 1.66. The summed E-state index contributed by atoms with van der Waals surface area (Å²) in [5.74, 6) is 1.93. The zero-order valence-corrected chi connectivity index (χ0v) is 11.8. The van der Waals surface area contributed by atoms with Gasteiger partial charge in [0.05, 0.1) is 23.8 Å². The maximum absolute atomic E-state index is 5.61. The minimum Gasteiger partial charge on any atom is -0.491 e. The maximum Gasteiger partial charge on any atom is 0.232 e. The molecule has 0 radical (unpaired) electrons. The van der Waals surface area contributed by atoms with E-state index in [9.17, 15) is 0 Å². The second-order valence-electron chi connectivity index (χ2n) is 4.10. The second-order valence-corrected chi connectivity index (χ2v) is 4.95. The van der Waals surface area contributed by atoms with Crippen molar-refractivity contribution >= 4 is 21.9 Å². The first-order valence-electron chi connectivity index (χ1n) is 5.82. The van der Waals surface area contributed by atoms with E-state index in [-0.39, 0.29) is 6.04 Å². The molecule has 1 atom stereocenters. The molecule has 1 aromatic carbocycles. The van der Waals surface area contributed by atoms with Crippen molar-refractivity contribution in [1.29, 1.82) is 0 Å². The Morgan fingerprint density at radius 2 is 2.26 bits per heavy atom. The van der Waals surface area contributed by atoms with Crippen molar-refractivity contribution in [2.75, 3.05) is 19.0 Å². The molecule has 0 aliphatic carbocycles. The SMILES string of the molecule is COc1nc(NC2COc3ccccc32)ncc1Br. The molecule has 1 aromatic heterocycles. The van der Waals surface area contributed by atoms with Crippen LogP contribution < -0.4 is 14.8 Å². The van der Waals surface area contributed by atoms with E-state index in [0.717, 1.165) is 15.8 Å². The molecule has 19 heavy (non-hydrogen) atoms. The number of fused-ring (bicyclic) bond motifs is 1. The highest BCUT2D eigenvalue weighted by atomic mass is 79.9. The predicted molar refractivity (Wildman–Crippen MR) is 74.6 cm³/mol. The smallest absolute Gasteiger partial charge is 0.232 e. The number of nitrogens with zero attached hydrogens (tertiary/aromatic N) is 2. The van der Waals surface area contributed by atoms with Gasteiger partial charge in [0, 0.05) is 5.56 Å². The summed E-state index contributed by atoms with van der Waals surface area (Å²) in [6.45, 7) is 0.571. The van der Waals surface area contributed by atoms with Crippen LogP contribution in [0, 0.1) is 0 Å². The Kier molecular flexibility index (Phi) is 3.25. The van der Waals surface area contributed by atoms with Crippen LogP contribution >= 0.6 is 15.9 Å². The van der Waals surface area contributed by atoms with Gasteiger partial charge < -0.3 is 14.8 Å². The van der Waals surface area contributed by atoms with Gasteiger partial charge in [0.15, 0.2) is 0 Å². The summed E-state index contributed by atoms with van der Waals surface area (Å²) < 4.78 is 11.5. The number of benzene rings is 1. The van der Waals surface area contributed by atoms with Crippen LogP contribution in [0.25, 0.3) is 0 Å². The molecule has 0 spiro atoms. The van der Waals surface area contributed by atoms with Crippen molar-refractivity contribution in [3.63, 3.8) is 0 Å². The Balaban J connectivity index is 1.83. The molecule has 1 N–H and O–H groups in total. The number of anilines is 1. The molecule has 0 fully saturated rings. The van der Waals surface area contributed by atoms with Gasteiger partial charge in [0.25, 0.3) is 0 Å². The molecule has 2 aromatic rings. The van der Waals surface area contributed by atoms with E-state index < -0.39 is 0 Å². The van der Waals surface area contributed by atoms with Crippen LogP contribution in [0.1, 0.15) is 11.6 Å². The first-order valence-corrected chi connectivity index (χ1v) is 6.62. The summed E-state index contributed by atoms with van der Waals surface area (Å²) in [4.78, 5) is 8.50. The van der Waals surface area contributed by atoms with Gasteiger partial charge in [-0.1, -0.05) is 18.2 Å². The van der Waals surface area contributed by atoms with Crippen molar-refractivity contribution in [3.05, 3.63) is 40.5 Å². The number of halogens is 1. The monoisotopic (exact) mass is 321 g/mol. The summed E-state index contributed by atoms with van der Waals surface area (Å²) in [5.41, 5.74) is 1.12. The largest absolute Gasteiger partial charge is 0.491 e. The fraction of sp³-hybridized carbons (Fsp3) is 0.231. The first-order chi connectivity index (χ1) is 9.28. The van der Waals surface area contributed by atoms with E-state index >= 15 is 0 Å². The van der Waals surface area contributed by atoms with Crippen molar-refractivity contribution in [2.45, 2.75) is 6.04 Å². The number of hydrogen-bond donors (Lipinski definition) is 1. The lowest BCUT2D eigenvalue weighted by Gasteiger charge is -2.12. The average molecular weight is 322 g/mol. The molecule has 6 heteroatoms. The molecule has 1 aliphatic rings. The third-order valence-corrected chi connectivity index (χ3v) is 3.45. The van der Waals surface area contributed by atoms with E-state index in [1.165, 1.54) is 0 Å². The maximum atomic E-state index is 5.61. The van der Waals surface area contributed by atoms with Crippen LogP contribution in [-0.2, 0) is 0 Å². The van der Waals surface area contributed by atoms with Gasteiger partial charge in [0.1, 0.15) is 12.4 Å². The van der Waals surface area contributed by atoms with Gasteiger partial charge >= 0.3 is 0 Å². The minimum atomic E-state index is 0.0575. The lowest BCUT2D eigenvalue weighted by atomic mass is 10.1. The lowest BCUT2D eigenvalue weighted by molar-refractivity contribution is 0.339. The molecule has 2 heterocycles. The highest BCUT2D eigenvalue weighted by Gasteiger charge is 2.24. The zero-order valence-electron chi connectivity index (χ0n) is 10.3. The van der Waals surface area contributed by atoms with Crippen molar-refractivity contribution in [3.8, 4) is 11.6 Å². The normalized spacial score (nSPS) is 16.6. The van der Waals surface area contributed by atoms with Crippen LogP contribution in [0.3, 0.4) is 0 Å². The first kappa shape index (κ1) is 12.2. The summed E-state index contributed by atoms with van der Waals surface area (Å²) in [6, 6.07) is 8.00. The number of rotatable bonds is 3. The van der Waals surface area contributed by atoms with E-state index in [4.69, 9.17) is 9.47 Å². The number of nitrogens with one attached hydrogen (secondary N) is 1. The highest BCUT2D eigenvalue weighted by molar-refractivity contribution is 9.10. The number of para-hydroxylation sites is 1. The molecule has 1 aliphatic heterocycles. The molecule has 0 saturated heterocycles. The molecular formula is C13H12BrN3O2. The predicted octanol–water partition coefficient (Wildman–Crippen LogP) is 2.79. The van der Waals surface area contributed by atoms with E-state index in [2.05, 4.69) is 31.2 Å². The quantitative estimate of drug-likeness (QED) is 0.942. The van der Waals surface area contributed by atoms with Gasteiger partial charge in [0.2, 0.25) is 11.8 Å². The minimum absolute atomic E-state index is 0.0575. The summed E-state index contributed by atoms with van der Waals surface area (Å²) in [5, 5.41) is 3.25. The fourth-order valence-electron chi connectivity index (χ4n) is 2.00. The van der Waals surface area contributed by atoms with Crippen molar-refractivity contribution < 1.29 is 9.47 Å². The number of ether oxygens (including phenoxy) is 2. The average Bonchev–Trinajstić information content (AvgIpc) is 2.84. The molecular weight excluding hydrogens is 310 g/mol. The topological polar surface area (TPSA) is 56.3 Å². The number of hydrogen-bond acceptors (Lipinski definition) is 5. The molecule has 98 valence electrons. The number of aromatic nitrogens is 2. The van der Waals surface area contributed by atoms with E-state index in [1.807, 2.05) is 24.3 Å². The van der Waals surface area contributed by atoms with Gasteiger partial charge in [-0.05, 0) is 22.0 Å². The molecule has 0 amide bonds. The van der Waals surface area contributed by atoms with Gasteiger partial charge in [-0.3, -0.25) is 0 Å². The van der Waals surface area contributed by atoms with Crippen LogP contribution in [0.4, 0.5) is 5.95 Å². The van der Waals surface area contributed by atoms with Gasteiger partial charge in [-0.25, -0.2) is 4.98 Å².